The van der Waals surface area contributed by atoms with Crippen LogP contribution in [0.5, 0.6) is 0 Å². The predicted octanol–water partition coefficient (Wildman–Crippen LogP) is 0.984. The van der Waals surface area contributed by atoms with Gasteiger partial charge in [0.15, 0.2) is 0 Å². The second-order valence-electron chi connectivity index (χ2n) is 6.25. The van der Waals surface area contributed by atoms with E-state index in [-0.39, 0.29) is 17.7 Å². The fourth-order valence-electron chi connectivity index (χ4n) is 3.38. The summed E-state index contributed by atoms with van der Waals surface area (Å²) in [7, 11) is 3.37. The largest absolute Gasteiger partial charge is 0.338 e. The number of hydrogen-bond acceptors (Lipinski definition) is 4. The molecular weight excluding hydrogens is 294 g/mol. The maximum Gasteiger partial charge on any atom is 0.261 e. The van der Waals surface area contributed by atoms with Crippen LogP contribution in [0.2, 0.25) is 0 Å². The highest BCUT2D eigenvalue weighted by Crippen LogP contribution is 2.24. The van der Waals surface area contributed by atoms with Gasteiger partial charge in [-0.2, -0.15) is 0 Å². The van der Waals surface area contributed by atoms with Crippen LogP contribution in [-0.4, -0.2) is 61.3 Å². The first-order valence-electron chi connectivity index (χ1n) is 7.93. The van der Waals surface area contributed by atoms with E-state index < -0.39 is 0 Å². The van der Waals surface area contributed by atoms with Crippen LogP contribution in [0, 0.1) is 5.92 Å². The van der Waals surface area contributed by atoms with Gasteiger partial charge in [-0.25, -0.2) is 0 Å². The molecule has 2 aliphatic rings. The van der Waals surface area contributed by atoms with E-state index in [1.807, 2.05) is 11.9 Å². The van der Waals surface area contributed by atoms with Crippen molar-refractivity contribution in [2.45, 2.75) is 12.8 Å². The van der Waals surface area contributed by atoms with E-state index in [0.717, 1.165) is 37.4 Å². The smallest absolute Gasteiger partial charge is 0.261 e. The number of fused-ring (bicyclic) bond motifs is 1. The van der Waals surface area contributed by atoms with Crippen molar-refractivity contribution in [1.29, 1.82) is 0 Å². The molecule has 1 aromatic carbocycles. The molecule has 1 aromatic rings. The lowest BCUT2D eigenvalue weighted by Gasteiger charge is -2.32. The van der Waals surface area contributed by atoms with E-state index in [0.29, 0.717) is 22.6 Å². The number of benzene rings is 1. The summed E-state index contributed by atoms with van der Waals surface area (Å²) in [5.41, 5.74) is 1.18. The number of hydrogen-bond donors (Lipinski definition) is 1. The van der Waals surface area contributed by atoms with Crippen molar-refractivity contribution < 1.29 is 14.4 Å². The van der Waals surface area contributed by atoms with Crippen molar-refractivity contribution in [2.75, 3.05) is 33.7 Å². The highest BCUT2D eigenvalue weighted by Gasteiger charge is 2.34. The monoisotopic (exact) mass is 315 g/mol. The van der Waals surface area contributed by atoms with Gasteiger partial charge in [-0.05, 0) is 50.6 Å². The molecule has 1 saturated heterocycles. The number of carbonyl (C=O) groups is 3. The average Bonchev–Trinajstić information content (AvgIpc) is 2.79. The van der Waals surface area contributed by atoms with E-state index in [9.17, 15) is 14.4 Å². The van der Waals surface area contributed by atoms with Gasteiger partial charge in [-0.3, -0.25) is 19.3 Å². The Morgan fingerprint density at radius 3 is 2.74 bits per heavy atom. The zero-order valence-electron chi connectivity index (χ0n) is 13.5. The summed E-state index contributed by atoms with van der Waals surface area (Å²) >= 11 is 0. The van der Waals surface area contributed by atoms with Crippen molar-refractivity contribution in [3.05, 3.63) is 34.9 Å². The lowest BCUT2D eigenvalue weighted by molar-refractivity contribution is 0.0672. The van der Waals surface area contributed by atoms with Crippen molar-refractivity contribution in [1.82, 2.24) is 15.1 Å². The molecule has 1 fully saturated rings. The van der Waals surface area contributed by atoms with E-state index in [2.05, 4.69) is 5.32 Å². The van der Waals surface area contributed by atoms with Crippen LogP contribution in [0.4, 0.5) is 0 Å². The summed E-state index contributed by atoms with van der Waals surface area (Å²) in [6.07, 6.45) is 2.11. The number of nitrogens with zero attached hydrogens (tertiary/aromatic N) is 2. The van der Waals surface area contributed by atoms with Gasteiger partial charge in [0.25, 0.3) is 17.7 Å². The van der Waals surface area contributed by atoms with Crippen LogP contribution >= 0.6 is 0 Å². The first-order chi connectivity index (χ1) is 11.0. The summed E-state index contributed by atoms with van der Waals surface area (Å²) < 4.78 is 0. The van der Waals surface area contributed by atoms with Gasteiger partial charge in [0.05, 0.1) is 11.1 Å². The summed E-state index contributed by atoms with van der Waals surface area (Å²) in [5.74, 6) is -0.257. The number of nitrogens with one attached hydrogen (secondary N) is 1. The van der Waals surface area contributed by atoms with Gasteiger partial charge in [0.2, 0.25) is 0 Å². The molecule has 6 nitrogen and oxygen atoms in total. The molecule has 1 unspecified atom stereocenters. The fraction of sp³-hybridized carbons (Fsp3) is 0.471. The highest BCUT2D eigenvalue weighted by molar-refractivity contribution is 6.21. The van der Waals surface area contributed by atoms with Gasteiger partial charge in [-0.1, -0.05) is 0 Å². The molecule has 0 aromatic heterocycles. The molecule has 6 heteroatoms. The van der Waals surface area contributed by atoms with Crippen LogP contribution in [0.3, 0.4) is 0 Å². The first kappa shape index (κ1) is 15.7. The van der Waals surface area contributed by atoms with Crippen LogP contribution in [-0.2, 0) is 0 Å². The molecule has 122 valence electrons. The molecule has 3 amide bonds. The fourth-order valence-corrected chi connectivity index (χ4v) is 3.38. The zero-order chi connectivity index (χ0) is 16.6. The van der Waals surface area contributed by atoms with Crippen molar-refractivity contribution >= 4 is 17.7 Å². The van der Waals surface area contributed by atoms with Crippen LogP contribution < -0.4 is 5.32 Å². The standard InChI is InChI=1S/C17H21N3O3/c1-18-9-11-4-3-7-20(10-11)15(21)12-5-6-13-14(8-12)17(23)19(2)16(13)22/h5-6,8,11,18H,3-4,7,9-10H2,1-2H3. The van der Waals surface area contributed by atoms with Crippen LogP contribution in [0.1, 0.15) is 43.9 Å². The number of likely N-dealkylation sites (tertiary alicyclic amines) is 1. The van der Waals surface area contributed by atoms with Crippen LogP contribution in [0.15, 0.2) is 18.2 Å². The van der Waals surface area contributed by atoms with Gasteiger partial charge in [-0.15, -0.1) is 0 Å². The predicted molar refractivity (Wildman–Crippen MR) is 85.4 cm³/mol. The maximum atomic E-state index is 12.7. The molecule has 0 radical (unpaired) electrons. The lowest BCUT2D eigenvalue weighted by Crippen LogP contribution is -2.42. The Hall–Kier alpha value is -2.21. The maximum absolute atomic E-state index is 12.7. The van der Waals surface area contributed by atoms with E-state index in [1.165, 1.54) is 7.05 Å². The second kappa shape index (κ2) is 6.12. The topological polar surface area (TPSA) is 69.7 Å². The van der Waals surface area contributed by atoms with Crippen LogP contribution in [0.25, 0.3) is 0 Å². The van der Waals surface area contributed by atoms with Crippen molar-refractivity contribution in [3.8, 4) is 0 Å². The molecule has 3 rings (SSSR count). The van der Waals surface area contributed by atoms with Gasteiger partial charge < -0.3 is 10.2 Å². The minimum Gasteiger partial charge on any atom is -0.338 e. The second-order valence-corrected chi connectivity index (χ2v) is 6.25. The Balaban J connectivity index is 1.81. The average molecular weight is 315 g/mol. The van der Waals surface area contributed by atoms with Crippen molar-refractivity contribution in [3.63, 3.8) is 0 Å². The Labute approximate surface area is 135 Å². The lowest BCUT2D eigenvalue weighted by atomic mass is 9.97. The minimum atomic E-state index is -0.341. The summed E-state index contributed by atoms with van der Waals surface area (Å²) in [4.78, 5) is 39.6. The number of carbonyl (C=O) groups excluding carboxylic acids is 3. The summed E-state index contributed by atoms with van der Waals surface area (Å²) in [6.45, 7) is 2.36. The number of rotatable bonds is 3. The molecule has 0 aliphatic carbocycles. The molecule has 2 heterocycles. The molecule has 1 atom stereocenters. The molecule has 0 saturated carbocycles. The Morgan fingerprint density at radius 2 is 2.00 bits per heavy atom. The quantitative estimate of drug-likeness (QED) is 0.844. The molecule has 0 bridgehead atoms. The highest BCUT2D eigenvalue weighted by atomic mass is 16.2. The molecular formula is C17H21N3O3. The SMILES string of the molecule is CNCC1CCCN(C(=O)c2ccc3c(c2)C(=O)N(C)C3=O)C1. The normalized spacial score (nSPS) is 20.9. The van der Waals surface area contributed by atoms with E-state index in [1.54, 1.807) is 18.2 Å². The molecule has 2 aliphatic heterocycles. The number of imide groups is 1. The van der Waals surface area contributed by atoms with Gasteiger partial charge in [0, 0.05) is 25.7 Å². The molecule has 23 heavy (non-hydrogen) atoms. The first-order valence-corrected chi connectivity index (χ1v) is 7.93. The minimum absolute atomic E-state index is 0.0663. The molecule has 1 N–H and O–H groups in total. The zero-order valence-corrected chi connectivity index (χ0v) is 13.5. The third-order valence-corrected chi connectivity index (χ3v) is 4.64. The summed E-state index contributed by atoms with van der Waals surface area (Å²) in [5, 5.41) is 3.16. The van der Waals surface area contributed by atoms with Crippen molar-refractivity contribution in [2.24, 2.45) is 5.92 Å². The Morgan fingerprint density at radius 1 is 1.26 bits per heavy atom. The Bertz CT molecular complexity index is 669. The number of piperidine rings is 1. The number of amides is 3. The Kier molecular flexibility index (Phi) is 4.17. The third kappa shape index (κ3) is 2.74. The summed E-state index contributed by atoms with van der Waals surface area (Å²) in [6, 6.07) is 4.79. The third-order valence-electron chi connectivity index (χ3n) is 4.64. The van der Waals surface area contributed by atoms with E-state index in [4.69, 9.17) is 0 Å². The van der Waals surface area contributed by atoms with E-state index >= 15 is 0 Å². The van der Waals surface area contributed by atoms with Gasteiger partial charge >= 0.3 is 0 Å². The molecule has 0 spiro atoms. The van der Waals surface area contributed by atoms with Gasteiger partial charge in [0.1, 0.15) is 0 Å².